The molecular formula is C14H23N3O. The van der Waals surface area contributed by atoms with Crippen LogP contribution >= 0.6 is 0 Å². The van der Waals surface area contributed by atoms with Crippen molar-refractivity contribution in [2.24, 2.45) is 5.41 Å². The molecule has 1 aromatic heterocycles. The van der Waals surface area contributed by atoms with Crippen molar-refractivity contribution in [3.05, 3.63) is 17.8 Å². The van der Waals surface area contributed by atoms with Crippen molar-refractivity contribution in [3.8, 4) is 0 Å². The van der Waals surface area contributed by atoms with Gasteiger partial charge in [-0.1, -0.05) is 19.3 Å². The molecule has 0 bridgehead atoms. The molecule has 4 N–H and O–H groups in total. The van der Waals surface area contributed by atoms with E-state index in [0.717, 1.165) is 30.8 Å². The Kier molecular flexibility index (Phi) is 4.07. The van der Waals surface area contributed by atoms with E-state index in [1.54, 1.807) is 6.20 Å². The molecule has 0 unspecified atom stereocenters. The fourth-order valence-electron chi connectivity index (χ4n) is 2.75. The minimum atomic E-state index is 0.0355. The van der Waals surface area contributed by atoms with Crippen molar-refractivity contribution in [2.75, 3.05) is 24.2 Å². The summed E-state index contributed by atoms with van der Waals surface area (Å²) in [5, 5.41) is 13.0. The zero-order valence-electron chi connectivity index (χ0n) is 11.1. The molecule has 1 heterocycles. The molecule has 0 spiro atoms. The molecule has 1 saturated carbocycles. The molecule has 4 nitrogen and oxygen atoms in total. The fourth-order valence-corrected chi connectivity index (χ4v) is 2.75. The highest BCUT2D eigenvalue weighted by Gasteiger charge is 2.31. The zero-order valence-corrected chi connectivity index (χ0v) is 11.1. The number of aliphatic hydroxyl groups excluding tert-OH is 1. The highest BCUT2D eigenvalue weighted by Crippen LogP contribution is 2.36. The first-order valence-electron chi connectivity index (χ1n) is 6.72. The van der Waals surface area contributed by atoms with Gasteiger partial charge in [0.05, 0.1) is 18.5 Å². The van der Waals surface area contributed by atoms with Gasteiger partial charge in [-0.2, -0.15) is 0 Å². The van der Waals surface area contributed by atoms with Gasteiger partial charge in [-0.15, -0.1) is 0 Å². The lowest BCUT2D eigenvalue weighted by molar-refractivity contribution is 0.0943. The molecule has 2 rings (SSSR count). The van der Waals surface area contributed by atoms with Gasteiger partial charge in [-0.3, -0.25) is 0 Å². The second-order valence-electron chi connectivity index (χ2n) is 5.51. The predicted molar refractivity (Wildman–Crippen MR) is 74.5 cm³/mol. The van der Waals surface area contributed by atoms with Crippen LogP contribution in [0.4, 0.5) is 11.5 Å². The van der Waals surface area contributed by atoms with Crippen molar-refractivity contribution in [1.82, 2.24) is 4.98 Å². The van der Waals surface area contributed by atoms with E-state index in [0.29, 0.717) is 5.69 Å². The molecule has 0 aromatic carbocycles. The van der Waals surface area contributed by atoms with Crippen LogP contribution in [-0.2, 0) is 0 Å². The van der Waals surface area contributed by atoms with Gasteiger partial charge in [-0.05, 0) is 31.4 Å². The molecule has 0 saturated heterocycles. The van der Waals surface area contributed by atoms with Crippen molar-refractivity contribution in [3.63, 3.8) is 0 Å². The average molecular weight is 249 g/mol. The molecule has 1 aromatic rings. The van der Waals surface area contributed by atoms with E-state index >= 15 is 0 Å². The van der Waals surface area contributed by atoms with Crippen LogP contribution in [-0.4, -0.2) is 23.2 Å². The number of nitrogens with one attached hydrogen (secondary N) is 1. The molecule has 1 aliphatic rings. The number of rotatable bonds is 4. The van der Waals surface area contributed by atoms with E-state index < -0.39 is 0 Å². The van der Waals surface area contributed by atoms with Crippen LogP contribution in [0.3, 0.4) is 0 Å². The minimum Gasteiger partial charge on any atom is -0.397 e. The molecule has 0 atom stereocenters. The Bertz CT molecular complexity index is 400. The number of anilines is 2. The maximum Gasteiger partial charge on any atom is 0.129 e. The van der Waals surface area contributed by atoms with Gasteiger partial charge in [0.2, 0.25) is 0 Å². The van der Waals surface area contributed by atoms with Gasteiger partial charge in [0.1, 0.15) is 5.82 Å². The van der Waals surface area contributed by atoms with Crippen molar-refractivity contribution in [2.45, 2.75) is 39.0 Å². The van der Waals surface area contributed by atoms with Gasteiger partial charge < -0.3 is 16.2 Å². The quantitative estimate of drug-likeness (QED) is 0.766. The number of aryl methyl sites for hydroxylation is 1. The fraction of sp³-hybridized carbons (Fsp3) is 0.643. The zero-order chi connectivity index (χ0) is 13.0. The van der Waals surface area contributed by atoms with Crippen LogP contribution in [0.15, 0.2) is 12.3 Å². The van der Waals surface area contributed by atoms with Crippen LogP contribution in [0, 0.1) is 12.3 Å². The van der Waals surface area contributed by atoms with E-state index in [1.807, 2.05) is 13.0 Å². The van der Waals surface area contributed by atoms with E-state index in [2.05, 4.69) is 10.3 Å². The van der Waals surface area contributed by atoms with Crippen molar-refractivity contribution in [1.29, 1.82) is 0 Å². The third-order valence-corrected chi connectivity index (χ3v) is 3.98. The molecule has 0 radical (unpaired) electrons. The van der Waals surface area contributed by atoms with Crippen LogP contribution in [0.2, 0.25) is 0 Å². The minimum absolute atomic E-state index is 0.0355. The third kappa shape index (κ3) is 2.93. The first-order chi connectivity index (χ1) is 8.65. The molecule has 0 aliphatic heterocycles. The first-order valence-corrected chi connectivity index (χ1v) is 6.72. The SMILES string of the molecule is Cc1cc(N)cnc1NCC1(CO)CCCCC1. The lowest BCUT2D eigenvalue weighted by atomic mass is 9.74. The Hall–Kier alpha value is -1.29. The molecule has 1 fully saturated rings. The van der Waals surface area contributed by atoms with E-state index in [9.17, 15) is 5.11 Å². The predicted octanol–water partition coefficient (Wildman–Crippen LogP) is 2.33. The smallest absolute Gasteiger partial charge is 0.129 e. The number of aromatic nitrogens is 1. The van der Waals surface area contributed by atoms with Crippen molar-refractivity contribution < 1.29 is 5.11 Å². The number of hydrogen-bond donors (Lipinski definition) is 3. The monoisotopic (exact) mass is 249 g/mol. The highest BCUT2D eigenvalue weighted by atomic mass is 16.3. The summed E-state index contributed by atoms with van der Waals surface area (Å²) in [4.78, 5) is 4.31. The number of nitrogens with zero attached hydrogens (tertiary/aromatic N) is 1. The highest BCUT2D eigenvalue weighted by molar-refractivity contribution is 5.50. The standard InChI is InChI=1S/C14H23N3O/c1-11-7-12(15)8-16-13(11)17-9-14(10-18)5-3-2-4-6-14/h7-8,18H,2-6,9-10,15H2,1H3,(H,16,17). The van der Waals surface area contributed by atoms with Gasteiger partial charge >= 0.3 is 0 Å². The Balaban J connectivity index is 2.01. The van der Waals surface area contributed by atoms with E-state index in [1.165, 1.54) is 19.3 Å². The second kappa shape index (κ2) is 5.57. The first kappa shape index (κ1) is 13.1. The Morgan fingerprint density at radius 2 is 2.11 bits per heavy atom. The summed E-state index contributed by atoms with van der Waals surface area (Å²) in [6, 6.07) is 1.92. The molecule has 100 valence electrons. The molecule has 4 heteroatoms. The van der Waals surface area contributed by atoms with Gasteiger partial charge in [0.15, 0.2) is 0 Å². The molecule has 1 aliphatic carbocycles. The lowest BCUT2D eigenvalue weighted by Gasteiger charge is -2.36. The van der Waals surface area contributed by atoms with Crippen LogP contribution < -0.4 is 11.1 Å². The summed E-state index contributed by atoms with van der Waals surface area (Å²) >= 11 is 0. The number of hydrogen-bond acceptors (Lipinski definition) is 4. The average Bonchev–Trinajstić information content (AvgIpc) is 2.39. The van der Waals surface area contributed by atoms with E-state index in [-0.39, 0.29) is 12.0 Å². The van der Waals surface area contributed by atoms with Crippen LogP contribution in [0.5, 0.6) is 0 Å². The van der Waals surface area contributed by atoms with Gasteiger partial charge in [0, 0.05) is 12.0 Å². The largest absolute Gasteiger partial charge is 0.397 e. The number of nitrogens with two attached hydrogens (primary N) is 1. The summed E-state index contributed by atoms with van der Waals surface area (Å²) in [5.41, 5.74) is 7.47. The van der Waals surface area contributed by atoms with Gasteiger partial charge in [0.25, 0.3) is 0 Å². The number of pyridine rings is 1. The maximum absolute atomic E-state index is 9.65. The lowest BCUT2D eigenvalue weighted by Crippen LogP contribution is -2.35. The third-order valence-electron chi connectivity index (χ3n) is 3.98. The normalized spacial score (nSPS) is 18.6. The summed E-state index contributed by atoms with van der Waals surface area (Å²) < 4.78 is 0. The van der Waals surface area contributed by atoms with Crippen LogP contribution in [0.1, 0.15) is 37.7 Å². The molecule has 0 amide bonds. The Labute approximate surface area is 109 Å². The summed E-state index contributed by atoms with van der Waals surface area (Å²) in [6.45, 7) is 3.05. The number of nitrogen functional groups attached to an aromatic ring is 1. The summed E-state index contributed by atoms with van der Waals surface area (Å²) in [7, 11) is 0. The molecule has 18 heavy (non-hydrogen) atoms. The summed E-state index contributed by atoms with van der Waals surface area (Å²) in [6.07, 6.45) is 7.60. The molecular weight excluding hydrogens is 226 g/mol. The van der Waals surface area contributed by atoms with Crippen molar-refractivity contribution >= 4 is 11.5 Å². The Morgan fingerprint density at radius 3 is 2.72 bits per heavy atom. The van der Waals surface area contributed by atoms with Crippen LogP contribution in [0.25, 0.3) is 0 Å². The number of aliphatic hydroxyl groups is 1. The van der Waals surface area contributed by atoms with Gasteiger partial charge in [-0.25, -0.2) is 4.98 Å². The van der Waals surface area contributed by atoms with E-state index in [4.69, 9.17) is 5.73 Å². The summed E-state index contributed by atoms with van der Waals surface area (Å²) in [5.74, 6) is 0.877. The Morgan fingerprint density at radius 1 is 1.39 bits per heavy atom. The topological polar surface area (TPSA) is 71.2 Å². The second-order valence-corrected chi connectivity index (χ2v) is 5.51. The maximum atomic E-state index is 9.65.